The van der Waals surface area contributed by atoms with Crippen LogP contribution in [0.1, 0.15) is 130 Å². The standard InChI is InChI=1S/C41H55F3N2O2/c1-35(2)16-8-17-38(5)32(35)15-18-40(7)33(38)14-13-29-30-24-37(4,20-19-36(30,3)21-22-39(29,40)6)34(47)45-25-28-23-31(46-48-28)26-9-11-27(12-10-26)41(42,43)44/h9-13,23,30,32-33H,8,14-22,24-25H2,1-7H3,(H,45,47)/t30-,32?,33?,36-,37+,38+,39+,40-/m1/s1. The molecule has 0 radical (unpaired) electrons. The number of carbonyl (C=O) groups is 1. The van der Waals surface area contributed by atoms with E-state index in [1.54, 1.807) is 11.6 Å². The third-order valence-corrected chi connectivity index (χ3v) is 15.6. The lowest BCUT2D eigenvalue weighted by Crippen LogP contribution is -2.63. The van der Waals surface area contributed by atoms with Gasteiger partial charge in [-0.3, -0.25) is 4.79 Å². The summed E-state index contributed by atoms with van der Waals surface area (Å²) in [5.41, 5.74) is 2.88. The molecule has 4 fully saturated rings. The van der Waals surface area contributed by atoms with Crippen molar-refractivity contribution < 1.29 is 22.5 Å². The number of carbonyl (C=O) groups excluding carboxylic acids is 1. The van der Waals surface area contributed by atoms with Crippen molar-refractivity contribution in [2.75, 3.05) is 0 Å². The Balaban J connectivity index is 1.08. The SMILES string of the molecule is CC1(C)CCC[C@@]2(C)C1CC[C@]1(C)C2CC=C2[C@H]3C[C@@](C)(C(=O)NCc4cc(-c5ccc(C(F)(F)F)cc5)no4)CC[C@]3(C)CC[C@@]21C. The first-order valence-corrected chi connectivity index (χ1v) is 18.5. The average Bonchev–Trinajstić information content (AvgIpc) is 3.49. The number of amides is 1. The van der Waals surface area contributed by atoms with Gasteiger partial charge < -0.3 is 9.84 Å². The highest BCUT2D eigenvalue weighted by Crippen LogP contribution is 2.75. The molecule has 5 aliphatic carbocycles. The van der Waals surface area contributed by atoms with Gasteiger partial charge in [0.1, 0.15) is 5.69 Å². The summed E-state index contributed by atoms with van der Waals surface area (Å²) in [5, 5.41) is 7.21. The summed E-state index contributed by atoms with van der Waals surface area (Å²) in [5.74, 6) is 2.41. The monoisotopic (exact) mass is 664 g/mol. The molecule has 5 aliphatic rings. The molecule has 1 amide bonds. The topological polar surface area (TPSA) is 55.1 Å². The Morgan fingerprint density at radius 1 is 0.917 bits per heavy atom. The quantitative estimate of drug-likeness (QED) is 0.331. The normalized spacial score (nSPS) is 40.5. The molecule has 1 aromatic carbocycles. The van der Waals surface area contributed by atoms with E-state index in [2.05, 4.69) is 65.0 Å². The maximum absolute atomic E-state index is 14.0. The van der Waals surface area contributed by atoms with Gasteiger partial charge in [-0.05, 0) is 121 Å². The van der Waals surface area contributed by atoms with E-state index >= 15 is 0 Å². The molecule has 4 saturated carbocycles. The van der Waals surface area contributed by atoms with Crippen LogP contribution >= 0.6 is 0 Å². The van der Waals surface area contributed by atoms with Gasteiger partial charge in [0.2, 0.25) is 5.91 Å². The van der Waals surface area contributed by atoms with Crippen LogP contribution in [0.3, 0.4) is 0 Å². The molecule has 8 atom stereocenters. The lowest BCUT2D eigenvalue weighted by molar-refractivity contribution is -0.180. The van der Waals surface area contributed by atoms with Crippen molar-refractivity contribution in [3.8, 4) is 11.3 Å². The van der Waals surface area contributed by atoms with Crippen LogP contribution in [0.25, 0.3) is 11.3 Å². The van der Waals surface area contributed by atoms with Crippen LogP contribution in [-0.4, -0.2) is 11.1 Å². The van der Waals surface area contributed by atoms with Crippen LogP contribution in [0.4, 0.5) is 13.2 Å². The first-order chi connectivity index (χ1) is 22.3. The van der Waals surface area contributed by atoms with Gasteiger partial charge >= 0.3 is 6.18 Å². The van der Waals surface area contributed by atoms with Crippen molar-refractivity contribution in [3.05, 3.63) is 53.3 Å². The molecule has 262 valence electrons. The number of fused-ring (bicyclic) bond motifs is 7. The number of benzene rings is 1. The number of alkyl halides is 3. The summed E-state index contributed by atoms with van der Waals surface area (Å²) in [6.45, 7) is 17.8. The molecule has 0 bridgehead atoms. The number of nitrogens with one attached hydrogen (secondary N) is 1. The molecular formula is C41H55F3N2O2. The predicted octanol–water partition coefficient (Wildman–Crippen LogP) is 11.2. The summed E-state index contributed by atoms with van der Waals surface area (Å²) in [7, 11) is 0. The first-order valence-electron chi connectivity index (χ1n) is 18.5. The maximum atomic E-state index is 14.0. The fourth-order valence-electron chi connectivity index (χ4n) is 12.4. The van der Waals surface area contributed by atoms with Crippen LogP contribution in [-0.2, 0) is 17.5 Å². The minimum Gasteiger partial charge on any atom is -0.359 e. The molecule has 1 aromatic heterocycles. The molecule has 1 heterocycles. The van der Waals surface area contributed by atoms with Crippen molar-refractivity contribution in [1.29, 1.82) is 0 Å². The van der Waals surface area contributed by atoms with Crippen molar-refractivity contribution >= 4 is 5.91 Å². The van der Waals surface area contributed by atoms with E-state index in [0.717, 1.165) is 37.3 Å². The van der Waals surface area contributed by atoms with Crippen LogP contribution in [0, 0.1) is 50.2 Å². The molecule has 48 heavy (non-hydrogen) atoms. The number of allylic oxidation sites excluding steroid dienone is 2. The van der Waals surface area contributed by atoms with Gasteiger partial charge in [0.15, 0.2) is 5.76 Å². The lowest BCUT2D eigenvalue weighted by Gasteiger charge is -2.71. The molecule has 0 aliphatic heterocycles. The van der Waals surface area contributed by atoms with E-state index in [-0.39, 0.29) is 28.7 Å². The van der Waals surface area contributed by atoms with Crippen molar-refractivity contribution in [1.82, 2.24) is 10.5 Å². The summed E-state index contributed by atoms with van der Waals surface area (Å²) < 4.78 is 44.5. The second kappa shape index (κ2) is 11.0. The van der Waals surface area contributed by atoms with Gasteiger partial charge in [0, 0.05) is 17.0 Å². The predicted molar refractivity (Wildman–Crippen MR) is 182 cm³/mol. The van der Waals surface area contributed by atoms with E-state index in [4.69, 9.17) is 4.52 Å². The Bertz CT molecular complexity index is 1610. The Morgan fingerprint density at radius 2 is 1.62 bits per heavy atom. The minimum absolute atomic E-state index is 0.0438. The largest absolute Gasteiger partial charge is 0.416 e. The second-order valence-electron chi connectivity index (χ2n) is 18.5. The number of hydrogen-bond acceptors (Lipinski definition) is 3. The van der Waals surface area contributed by atoms with Gasteiger partial charge in [-0.25, -0.2) is 0 Å². The van der Waals surface area contributed by atoms with Crippen molar-refractivity contribution in [2.24, 2.45) is 50.2 Å². The van der Waals surface area contributed by atoms with Gasteiger partial charge in [-0.1, -0.05) is 83.8 Å². The third kappa shape index (κ3) is 5.05. The highest BCUT2D eigenvalue weighted by atomic mass is 19.4. The Morgan fingerprint density at radius 3 is 2.33 bits per heavy atom. The van der Waals surface area contributed by atoms with Gasteiger partial charge in [0.25, 0.3) is 0 Å². The minimum atomic E-state index is -4.39. The lowest BCUT2D eigenvalue weighted by atomic mass is 9.34. The molecule has 2 unspecified atom stereocenters. The molecule has 7 rings (SSSR count). The highest BCUT2D eigenvalue weighted by molar-refractivity contribution is 5.82. The fraction of sp³-hybridized carbons (Fsp3) is 0.707. The summed E-state index contributed by atoms with van der Waals surface area (Å²) in [6.07, 6.45) is 11.4. The van der Waals surface area contributed by atoms with E-state index in [1.165, 1.54) is 63.5 Å². The molecule has 2 aromatic rings. The summed E-state index contributed by atoms with van der Waals surface area (Å²) in [6, 6.07) is 6.58. The number of hydrogen-bond donors (Lipinski definition) is 1. The van der Waals surface area contributed by atoms with E-state index in [9.17, 15) is 18.0 Å². The van der Waals surface area contributed by atoms with E-state index < -0.39 is 17.2 Å². The molecular weight excluding hydrogens is 609 g/mol. The zero-order valence-electron chi connectivity index (χ0n) is 30.1. The Labute approximate surface area is 285 Å². The zero-order valence-corrected chi connectivity index (χ0v) is 30.1. The van der Waals surface area contributed by atoms with Crippen LogP contribution < -0.4 is 5.32 Å². The Kier molecular flexibility index (Phi) is 7.74. The molecule has 1 N–H and O–H groups in total. The van der Waals surface area contributed by atoms with E-state index in [0.29, 0.717) is 39.7 Å². The number of nitrogens with zero attached hydrogens (tertiary/aromatic N) is 1. The molecule has 7 heteroatoms. The first kappa shape index (κ1) is 33.9. The smallest absolute Gasteiger partial charge is 0.359 e. The third-order valence-electron chi connectivity index (χ3n) is 15.6. The molecule has 0 saturated heterocycles. The number of aromatic nitrogens is 1. The number of halogens is 3. The average molecular weight is 665 g/mol. The second-order valence-corrected chi connectivity index (χ2v) is 18.5. The summed E-state index contributed by atoms with van der Waals surface area (Å²) in [4.78, 5) is 14.0. The fourth-order valence-corrected chi connectivity index (χ4v) is 12.4. The Hall–Kier alpha value is -2.57. The zero-order chi connectivity index (χ0) is 34.5. The highest BCUT2D eigenvalue weighted by Gasteiger charge is 2.67. The van der Waals surface area contributed by atoms with Gasteiger partial charge in [0.05, 0.1) is 12.1 Å². The maximum Gasteiger partial charge on any atom is 0.416 e. The summed E-state index contributed by atoms with van der Waals surface area (Å²) >= 11 is 0. The van der Waals surface area contributed by atoms with E-state index in [1.807, 2.05) is 0 Å². The van der Waals surface area contributed by atoms with Gasteiger partial charge in [-0.2, -0.15) is 13.2 Å². The van der Waals surface area contributed by atoms with Crippen LogP contribution in [0.2, 0.25) is 0 Å². The molecule has 4 nitrogen and oxygen atoms in total. The molecule has 0 spiro atoms. The van der Waals surface area contributed by atoms with Gasteiger partial charge in [-0.15, -0.1) is 0 Å². The van der Waals surface area contributed by atoms with Crippen molar-refractivity contribution in [3.63, 3.8) is 0 Å². The number of rotatable bonds is 4. The van der Waals surface area contributed by atoms with Crippen LogP contribution in [0.15, 0.2) is 46.5 Å². The van der Waals surface area contributed by atoms with Crippen molar-refractivity contribution in [2.45, 2.75) is 132 Å². The van der Waals surface area contributed by atoms with Crippen LogP contribution in [0.5, 0.6) is 0 Å².